The van der Waals surface area contributed by atoms with E-state index >= 15 is 0 Å². The van der Waals surface area contributed by atoms with Crippen LogP contribution in [0.25, 0.3) is 5.57 Å². The van der Waals surface area contributed by atoms with Crippen LogP contribution in [0.5, 0.6) is 0 Å². The van der Waals surface area contributed by atoms with Gasteiger partial charge in [0.25, 0.3) is 0 Å². The summed E-state index contributed by atoms with van der Waals surface area (Å²) in [5.74, 6) is -0.543. The predicted octanol–water partition coefficient (Wildman–Crippen LogP) is 4.72. The van der Waals surface area contributed by atoms with Gasteiger partial charge < -0.3 is 18.9 Å². The fraction of sp³-hybridized carbons (Fsp3) is 0.567. The first kappa shape index (κ1) is 33.1. The highest BCUT2D eigenvalue weighted by Gasteiger charge is 2.21. The molecule has 0 spiro atoms. The van der Waals surface area contributed by atoms with Crippen LogP contribution in [0.2, 0.25) is 0 Å². The molecule has 2 aromatic heterocycles. The quantitative estimate of drug-likeness (QED) is 0.281. The van der Waals surface area contributed by atoms with Crippen LogP contribution in [0, 0.1) is 13.8 Å². The van der Waals surface area contributed by atoms with Crippen molar-refractivity contribution in [2.45, 2.75) is 33.6 Å². The Labute approximate surface area is 251 Å². The van der Waals surface area contributed by atoms with Crippen LogP contribution in [0.3, 0.4) is 0 Å². The van der Waals surface area contributed by atoms with Gasteiger partial charge in [0.2, 0.25) is 0 Å². The van der Waals surface area contributed by atoms with Gasteiger partial charge in [0.1, 0.15) is 0 Å². The molecule has 2 aromatic rings. The van der Waals surface area contributed by atoms with Gasteiger partial charge in [0, 0.05) is 61.3 Å². The molecule has 0 amide bonds. The highest BCUT2D eigenvalue weighted by Crippen LogP contribution is 2.31. The van der Waals surface area contributed by atoms with Gasteiger partial charge in [-0.1, -0.05) is 6.08 Å². The van der Waals surface area contributed by atoms with Crippen molar-refractivity contribution in [2.24, 2.45) is 0 Å². The number of nitrogens with zero attached hydrogens (tertiary/aromatic N) is 2. The molecule has 0 aromatic carbocycles. The number of hydrogen-bond acceptors (Lipinski definition) is 11. The first-order valence-corrected chi connectivity index (χ1v) is 15.7. The second-order valence-corrected chi connectivity index (χ2v) is 11.6. The molecule has 0 N–H and O–H groups in total. The third kappa shape index (κ3) is 9.29. The Bertz CT molecular complexity index is 1190. The van der Waals surface area contributed by atoms with E-state index in [2.05, 4.69) is 22.8 Å². The Morgan fingerprint density at radius 2 is 1.22 bits per heavy atom. The molecule has 0 radical (unpaired) electrons. The van der Waals surface area contributed by atoms with Gasteiger partial charge in [-0.25, -0.2) is 9.59 Å². The summed E-state index contributed by atoms with van der Waals surface area (Å²) in [4.78, 5) is 42.0. The fourth-order valence-corrected chi connectivity index (χ4v) is 6.93. The van der Waals surface area contributed by atoms with E-state index in [1.807, 2.05) is 12.3 Å². The number of esters is 2. The zero-order valence-corrected chi connectivity index (χ0v) is 26.4. The Balaban J connectivity index is 0.000000226. The van der Waals surface area contributed by atoms with Crippen molar-refractivity contribution in [1.82, 2.24) is 9.80 Å². The summed E-state index contributed by atoms with van der Waals surface area (Å²) in [7, 11) is 2.77. The van der Waals surface area contributed by atoms with Gasteiger partial charge in [-0.3, -0.25) is 14.6 Å². The molecule has 2 saturated heterocycles. The molecule has 11 heteroatoms. The molecule has 2 fully saturated rings. The van der Waals surface area contributed by atoms with Crippen molar-refractivity contribution in [3.05, 3.63) is 48.8 Å². The Kier molecular flexibility index (Phi) is 13.6. The number of Topliss-reactive ketones (excluding diaryl/α,β-unsaturated/α-hetero) is 1. The molecular weight excluding hydrogens is 564 g/mol. The molecule has 226 valence electrons. The maximum Gasteiger partial charge on any atom is 0.338 e. The summed E-state index contributed by atoms with van der Waals surface area (Å²) < 4.78 is 20.2. The van der Waals surface area contributed by atoms with E-state index in [-0.39, 0.29) is 17.7 Å². The lowest BCUT2D eigenvalue weighted by Crippen LogP contribution is -2.37. The van der Waals surface area contributed by atoms with Gasteiger partial charge in [-0.05, 0) is 43.9 Å². The van der Waals surface area contributed by atoms with Gasteiger partial charge >= 0.3 is 11.9 Å². The third-order valence-electron chi connectivity index (χ3n) is 7.34. The molecule has 2 aliphatic heterocycles. The van der Waals surface area contributed by atoms with Crippen molar-refractivity contribution in [3.63, 3.8) is 0 Å². The van der Waals surface area contributed by atoms with Crippen LogP contribution in [-0.2, 0) is 18.9 Å². The monoisotopic (exact) mass is 606 g/mol. The molecule has 0 aliphatic carbocycles. The minimum atomic E-state index is -0.383. The van der Waals surface area contributed by atoms with Gasteiger partial charge in [0.15, 0.2) is 5.78 Å². The third-order valence-corrected chi connectivity index (χ3v) is 9.62. The largest absolute Gasteiger partial charge is 0.465 e. The number of carbonyl (C=O) groups excluding carboxylic acids is 3. The molecule has 9 nitrogen and oxygen atoms in total. The van der Waals surface area contributed by atoms with E-state index in [1.165, 1.54) is 36.0 Å². The number of hydrogen-bond donors (Lipinski definition) is 0. The maximum absolute atomic E-state index is 12.2. The number of thiophene rings is 2. The van der Waals surface area contributed by atoms with Crippen molar-refractivity contribution in [1.29, 1.82) is 0 Å². The molecular formula is C30H42N2O7S2. The van der Waals surface area contributed by atoms with Crippen LogP contribution in [0.4, 0.5) is 0 Å². The van der Waals surface area contributed by atoms with Crippen molar-refractivity contribution < 1.29 is 33.3 Å². The number of carbonyl (C=O) groups is 3. The minimum absolute atomic E-state index is 0.0918. The van der Waals surface area contributed by atoms with E-state index < -0.39 is 0 Å². The molecule has 0 atom stereocenters. The average Bonchev–Trinajstić information content (AvgIpc) is 3.59. The second-order valence-electron chi connectivity index (χ2n) is 9.84. The molecule has 41 heavy (non-hydrogen) atoms. The Morgan fingerprint density at radius 1 is 0.780 bits per heavy atom. The summed E-state index contributed by atoms with van der Waals surface area (Å²) >= 11 is 2.95. The van der Waals surface area contributed by atoms with Gasteiger partial charge in [0.05, 0.1) is 56.7 Å². The lowest BCUT2D eigenvalue weighted by atomic mass is 10.0. The molecule has 2 aliphatic rings. The number of methoxy groups -OCH3 is 2. The van der Waals surface area contributed by atoms with E-state index in [0.29, 0.717) is 22.4 Å². The number of rotatable bonds is 10. The molecule has 4 rings (SSSR count). The number of morpholine rings is 2. The van der Waals surface area contributed by atoms with Crippen molar-refractivity contribution >= 4 is 46.0 Å². The predicted molar refractivity (Wildman–Crippen MR) is 163 cm³/mol. The zero-order valence-electron chi connectivity index (χ0n) is 24.8. The number of ether oxygens (including phenoxy) is 4. The first-order chi connectivity index (χ1) is 19.8. The topological polar surface area (TPSA) is 94.6 Å². The van der Waals surface area contributed by atoms with Crippen LogP contribution in [0.15, 0.2) is 16.8 Å². The van der Waals surface area contributed by atoms with Crippen molar-refractivity contribution in [3.8, 4) is 0 Å². The van der Waals surface area contributed by atoms with E-state index in [4.69, 9.17) is 18.9 Å². The van der Waals surface area contributed by atoms with E-state index in [9.17, 15) is 14.4 Å². The molecule has 4 heterocycles. The number of allylic oxidation sites excluding steroid dienone is 1. The smallest absolute Gasteiger partial charge is 0.338 e. The van der Waals surface area contributed by atoms with Crippen LogP contribution in [-0.4, -0.2) is 107 Å². The normalized spacial score (nSPS) is 16.6. The SMILES string of the molecule is C/C=C(/CCN1CCOCC1)c1scc(C(=O)OC)c1C.COC(=O)c1csc(C(=O)CCN2CCOCC2)c1C. The van der Waals surface area contributed by atoms with Crippen molar-refractivity contribution in [2.75, 3.05) is 79.9 Å². The zero-order chi connectivity index (χ0) is 29.8. The lowest BCUT2D eigenvalue weighted by Gasteiger charge is -2.26. The van der Waals surface area contributed by atoms with Gasteiger partial charge in [-0.15, -0.1) is 22.7 Å². The lowest BCUT2D eigenvalue weighted by molar-refractivity contribution is 0.0370. The van der Waals surface area contributed by atoms with E-state index in [1.54, 1.807) is 23.6 Å². The van der Waals surface area contributed by atoms with Gasteiger partial charge in [-0.2, -0.15) is 0 Å². The standard InChI is InChI=1S/C16H23NO3S.C14H19NO4S/c1-4-13(5-6-17-7-9-20-10-8-17)15-12(2)14(11-21-15)16(18)19-3;1-10-11(14(17)18-2)9-20-13(10)12(16)3-4-15-5-7-19-8-6-15/h4,11H,5-10H2,1-3H3;9H,3-8H2,1-2H3/b13-4-;. The molecule has 0 bridgehead atoms. The Morgan fingerprint density at radius 3 is 1.68 bits per heavy atom. The summed E-state index contributed by atoms with van der Waals surface area (Å²) in [6.45, 7) is 14.5. The minimum Gasteiger partial charge on any atom is -0.465 e. The molecule has 0 unspecified atom stereocenters. The maximum atomic E-state index is 12.2. The van der Waals surface area contributed by atoms with Crippen LogP contribution in [0.1, 0.15) is 66.2 Å². The summed E-state index contributed by atoms with van der Waals surface area (Å²) in [5.41, 5.74) is 4.24. The Hall–Kier alpha value is -2.41. The number of ketones is 1. The second kappa shape index (κ2) is 16.9. The fourth-order valence-electron chi connectivity index (χ4n) is 4.74. The average molecular weight is 607 g/mol. The highest BCUT2D eigenvalue weighted by atomic mass is 32.1. The first-order valence-electron chi connectivity index (χ1n) is 13.9. The summed E-state index contributed by atoms with van der Waals surface area (Å²) in [5, 5.41) is 3.60. The summed E-state index contributed by atoms with van der Waals surface area (Å²) in [6, 6.07) is 0. The van der Waals surface area contributed by atoms with E-state index in [0.717, 1.165) is 83.2 Å². The summed E-state index contributed by atoms with van der Waals surface area (Å²) in [6.07, 6.45) is 3.63. The van der Waals surface area contributed by atoms with Crippen LogP contribution < -0.4 is 0 Å². The van der Waals surface area contributed by atoms with Crippen LogP contribution >= 0.6 is 22.7 Å². The highest BCUT2D eigenvalue weighted by molar-refractivity contribution is 7.12. The molecule has 0 saturated carbocycles.